The molecule has 0 saturated heterocycles. The van der Waals surface area contributed by atoms with Crippen molar-refractivity contribution in [3.8, 4) is 0 Å². The fourth-order valence-corrected chi connectivity index (χ4v) is 2.39. The van der Waals surface area contributed by atoms with Crippen molar-refractivity contribution >= 4 is 29.2 Å². The van der Waals surface area contributed by atoms with Crippen LogP contribution < -0.4 is 5.32 Å². The van der Waals surface area contributed by atoms with Crippen molar-refractivity contribution in [3.63, 3.8) is 0 Å². The molecule has 0 fully saturated rings. The molecule has 2 rings (SSSR count). The van der Waals surface area contributed by atoms with Crippen LogP contribution in [-0.4, -0.2) is 27.8 Å². The molecular weight excluding hydrogens is 337 g/mol. The number of benzene rings is 1. The predicted octanol–water partition coefficient (Wildman–Crippen LogP) is 3.01. The number of halogens is 2. The molecule has 128 valence electrons. The van der Waals surface area contributed by atoms with E-state index in [0.717, 1.165) is 11.8 Å². The van der Waals surface area contributed by atoms with Gasteiger partial charge in [-0.3, -0.25) is 9.48 Å². The maximum Gasteiger partial charge on any atom is 0.343 e. The molecule has 0 aliphatic rings. The number of amides is 1. The molecule has 1 amide bonds. The van der Waals surface area contributed by atoms with Crippen LogP contribution in [0.1, 0.15) is 28.7 Å². The summed E-state index contributed by atoms with van der Waals surface area (Å²) in [5, 5.41) is 6.76. The fourth-order valence-electron chi connectivity index (χ4n) is 2.15. The van der Waals surface area contributed by atoms with Crippen molar-refractivity contribution in [2.75, 3.05) is 5.32 Å². The number of rotatable bonds is 4. The van der Waals surface area contributed by atoms with Crippen molar-refractivity contribution in [2.45, 2.75) is 26.9 Å². The van der Waals surface area contributed by atoms with E-state index >= 15 is 0 Å². The van der Waals surface area contributed by atoms with Gasteiger partial charge in [-0.2, -0.15) is 5.10 Å². The van der Waals surface area contributed by atoms with E-state index in [4.69, 9.17) is 16.3 Å². The van der Waals surface area contributed by atoms with E-state index in [1.807, 2.05) is 0 Å². The SMILES string of the molecule is Cc1nn(C)c(C)c1NC(=O)[C@@H](C)OC(=O)c1c(F)cccc1Cl. The summed E-state index contributed by atoms with van der Waals surface area (Å²) in [5.74, 6) is -2.35. The molecule has 0 spiro atoms. The highest BCUT2D eigenvalue weighted by atomic mass is 35.5. The lowest BCUT2D eigenvalue weighted by atomic mass is 10.2. The number of nitrogens with zero attached hydrogens (tertiary/aromatic N) is 2. The van der Waals surface area contributed by atoms with Crippen LogP contribution in [0.25, 0.3) is 0 Å². The zero-order valence-electron chi connectivity index (χ0n) is 13.7. The number of ether oxygens (including phenoxy) is 1. The third kappa shape index (κ3) is 3.56. The Morgan fingerprint density at radius 1 is 1.38 bits per heavy atom. The Hall–Kier alpha value is -2.41. The first kappa shape index (κ1) is 17.9. The highest BCUT2D eigenvalue weighted by Gasteiger charge is 2.24. The first-order valence-electron chi connectivity index (χ1n) is 7.18. The molecule has 2 aromatic rings. The van der Waals surface area contributed by atoms with Gasteiger partial charge in [0.05, 0.1) is 22.1 Å². The van der Waals surface area contributed by atoms with Crippen LogP contribution in [0.4, 0.5) is 10.1 Å². The second kappa shape index (κ2) is 7.00. The second-order valence-corrected chi connectivity index (χ2v) is 5.71. The number of carbonyl (C=O) groups is 2. The van der Waals surface area contributed by atoms with Gasteiger partial charge < -0.3 is 10.1 Å². The Morgan fingerprint density at radius 2 is 2.04 bits per heavy atom. The summed E-state index contributed by atoms with van der Waals surface area (Å²) in [5.41, 5.74) is 1.55. The monoisotopic (exact) mass is 353 g/mol. The van der Waals surface area contributed by atoms with Crippen molar-refractivity contribution in [2.24, 2.45) is 7.05 Å². The van der Waals surface area contributed by atoms with E-state index in [1.54, 1.807) is 25.6 Å². The van der Waals surface area contributed by atoms with Gasteiger partial charge in [-0.25, -0.2) is 9.18 Å². The normalized spacial score (nSPS) is 11.9. The molecule has 0 saturated carbocycles. The number of carbonyl (C=O) groups excluding carboxylic acids is 2. The number of anilines is 1. The van der Waals surface area contributed by atoms with Crippen molar-refractivity contribution in [1.82, 2.24) is 9.78 Å². The van der Waals surface area contributed by atoms with Crippen molar-refractivity contribution in [1.29, 1.82) is 0 Å². The van der Waals surface area contributed by atoms with Gasteiger partial charge in [-0.05, 0) is 32.9 Å². The van der Waals surface area contributed by atoms with Crippen LogP contribution in [0.5, 0.6) is 0 Å². The maximum absolute atomic E-state index is 13.7. The average Bonchev–Trinajstić information content (AvgIpc) is 2.73. The van der Waals surface area contributed by atoms with Crippen LogP contribution in [0, 0.1) is 19.7 Å². The molecule has 0 aliphatic heterocycles. The van der Waals surface area contributed by atoms with E-state index in [2.05, 4.69) is 10.4 Å². The molecule has 0 unspecified atom stereocenters. The van der Waals surface area contributed by atoms with Crippen LogP contribution in [0.3, 0.4) is 0 Å². The number of hydrogen-bond acceptors (Lipinski definition) is 4. The Bertz CT molecular complexity index is 784. The number of hydrogen-bond donors (Lipinski definition) is 1. The smallest absolute Gasteiger partial charge is 0.343 e. The Morgan fingerprint density at radius 3 is 2.58 bits per heavy atom. The van der Waals surface area contributed by atoms with Crippen molar-refractivity contribution < 1.29 is 18.7 Å². The molecule has 1 atom stereocenters. The number of nitrogens with one attached hydrogen (secondary N) is 1. The molecule has 8 heteroatoms. The highest BCUT2D eigenvalue weighted by Crippen LogP contribution is 2.21. The molecular formula is C16H17ClFN3O3. The summed E-state index contributed by atoms with van der Waals surface area (Å²) in [6.07, 6.45) is -1.13. The van der Waals surface area contributed by atoms with Gasteiger partial charge in [-0.1, -0.05) is 17.7 Å². The zero-order chi connectivity index (χ0) is 18.0. The summed E-state index contributed by atoms with van der Waals surface area (Å²) in [4.78, 5) is 24.3. The first-order chi connectivity index (χ1) is 11.2. The molecule has 1 aromatic heterocycles. The summed E-state index contributed by atoms with van der Waals surface area (Å²) in [6, 6.07) is 3.84. The molecule has 0 aliphatic carbocycles. The molecule has 1 aromatic carbocycles. The molecule has 0 bridgehead atoms. The predicted molar refractivity (Wildman–Crippen MR) is 87.6 cm³/mol. The van der Waals surface area contributed by atoms with Gasteiger partial charge in [0.2, 0.25) is 0 Å². The minimum atomic E-state index is -1.13. The van der Waals surface area contributed by atoms with Gasteiger partial charge in [0, 0.05) is 7.05 Å². The van der Waals surface area contributed by atoms with Gasteiger partial charge in [-0.15, -0.1) is 0 Å². The average molecular weight is 354 g/mol. The molecule has 6 nitrogen and oxygen atoms in total. The summed E-state index contributed by atoms with van der Waals surface area (Å²) in [6.45, 7) is 4.94. The standard InChI is InChI=1S/C16H17ClFN3O3/c1-8-14(9(2)21(4)20-8)19-15(22)10(3)24-16(23)13-11(17)6-5-7-12(13)18/h5-7,10H,1-4H3,(H,19,22)/t10-/m1/s1. The molecule has 0 radical (unpaired) electrons. The number of aromatic nitrogens is 2. The maximum atomic E-state index is 13.7. The number of esters is 1. The second-order valence-electron chi connectivity index (χ2n) is 5.30. The lowest BCUT2D eigenvalue weighted by Crippen LogP contribution is -2.30. The zero-order valence-corrected chi connectivity index (χ0v) is 14.4. The van der Waals surface area contributed by atoms with Crippen LogP contribution in [0.2, 0.25) is 5.02 Å². The fraction of sp³-hybridized carbons (Fsp3) is 0.312. The minimum absolute atomic E-state index is 0.0773. The third-order valence-corrected chi connectivity index (χ3v) is 3.89. The van der Waals surface area contributed by atoms with E-state index in [1.165, 1.54) is 19.1 Å². The summed E-state index contributed by atoms with van der Waals surface area (Å²) < 4.78 is 20.4. The van der Waals surface area contributed by atoms with Gasteiger partial charge in [0.1, 0.15) is 11.4 Å². The van der Waals surface area contributed by atoms with E-state index < -0.39 is 29.4 Å². The minimum Gasteiger partial charge on any atom is -0.449 e. The molecule has 1 heterocycles. The van der Waals surface area contributed by atoms with E-state index in [9.17, 15) is 14.0 Å². The Labute approximate surface area is 143 Å². The quantitative estimate of drug-likeness (QED) is 0.857. The highest BCUT2D eigenvalue weighted by molar-refractivity contribution is 6.33. The largest absolute Gasteiger partial charge is 0.449 e. The topological polar surface area (TPSA) is 73.2 Å². The molecule has 24 heavy (non-hydrogen) atoms. The van der Waals surface area contributed by atoms with E-state index in [0.29, 0.717) is 11.4 Å². The van der Waals surface area contributed by atoms with Crippen LogP contribution in [-0.2, 0) is 16.6 Å². The lowest BCUT2D eigenvalue weighted by Gasteiger charge is -2.14. The molecule has 1 N–H and O–H groups in total. The van der Waals surface area contributed by atoms with E-state index in [-0.39, 0.29) is 5.02 Å². The Kier molecular flexibility index (Phi) is 5.23. The third-order valence-electron chi connectivity index (χ3n) is 3.58. The van der Waals surface area contributed by atoms with Gasteiger partial charge >= 0.3 is 5.97 Å². The van der Waals surface area contributed by atoms with Crippen molar-refractivity contribution in [3.05, 3.63) is 46.0 Å². The van der Waals surface area contributed by atoms with Crippen LogP contribution >= 0.6 is 11.6 Å². The van der Waals surface area contributed by atoms with Crippen LogP contribution in [0.15, 0.2) is 18.2 Å². The van der Waals surface area contributed by atoms with Gasteiger partial charge in [0.25, 0.3) is 5.91 Å². The van der Waals surface area contributed by atoms with Gasteiger partial charge in [0.15, 0.2) is 6.10 Å². The summed E-state index contributed by atoms with van der Waals surface area (Å²) >= 11 is 5.81. The first-order valence-corrected chi connectivity index (χ1v) is 7.56. The lowest BCUT2D eigenvalue weighted by molar-refractivity contribution is -0.123. The Balaban J connectivity index is 2.10. The summed E-state index contributed by atoms with van der Waals surface area (Å²) in [7, 11) is 1.75. The number of aryl methyl sites for hydroxylation is 2.